The van der Waals surface area contributed by atoms with E-state index in [1.54, 1.807) is 4.90 Å². The third-order valence-electron chi connectivity index (χ3n) is 6.34. The maximum absolute atomic E-state index is 13.4. The van der Waals surface area contributed by atoms with Gasteiger partial charge >= 0.3 is 6.09 Å². The summed E-state index contributed by atoms with van der Waals surface area (Å²) in [6.45, 7) is 9.59. The first-order valence-electron chi connectivity index (χ1n) is 11.1. The van der Waals surface area contributed by atoms with Gasteiger partial charge in [-0.3, -0.25) is 0 Å². The SMILES string of the molecule is CC1=C(c2ccccc2)[C@H]2[C@@H]3C(c4ccccc4)=C(C)O[C@@H]3N(C(=O)OC(C)(C)C)[C@H]2O1. The molecule has 5 rings (SSSR count). The van der Waals surface area contributed by atoms with Gasteiger partial charge in [-0.25, -0.2) is 9.69 Å². The van der Waals surface area contributed by atoms with Crippen molar-refractivity contribution in [1.82, 2.24) is 4.90 Å². The van der Waals surface area contributed by atoms with Crippen LogP contribution in [0.3, 0.4) is 0 Å². The van der Waals surface area contributed by atoms with Crippen LogP contribution in [0.15, 0.2) is 72.2 Å². The van der Waals surface area contributed by atoms with Crippen molar-refractivity contribution >= 4 is 17.2 Å². The fourth-order valence-corrected chi connectivity index (χ4v) is 5.26. The molecule has 166 valence electrons. The summed E-state index contributed by atoms with van der Waals surface area (Å²) in [6, 6.07) is 20.6. The lowest BCUT2D eigenvalue weighted by atomic mass is 9.78. The van der Waals surface area contributed by atoms with E-state index in [4.69, 9.17) is 14.2 Å². The number of amides is 1. The smallest absolute Gasteiger partial charge is 0.416 e. The summed E-state index contributed by atoms with van der Waals surface area (Å²) in [7, 11) is 0. The third-order valence-corrected chi connectivity index (χ3v) is 6.34. The molecule has 3 heterocycles. The number of hydrogen-bond donors (Lipinski definition) is 0. The number of hydrogen-bond acceptors (Lipinski definition) is 4. The van der Waals surface area contributed by atoms with Gasteiger partial charge in [-0.1, -0.05) is 60.7 Å². The highest BCUT2D eigenvalue weighted by Crippen LogP contribution is 2.58. The Hall–Kier alpha value is -3.21. The van der Waals surface area contributed by atoms with Crippen LogP contribution in [0.4, 0.5) is 4.79 Å². The largest absolute Gasteiger partial charge is 0.474 e. The molecule has 1 fully saturated rings. The highest BCUT2D eigenvalue weighted by molar-refractivity contribution is 5.82. The second-order valence-corrected chi connectivity index (χ2v) is 9.63. The number of fused-ring (bicyclic) bond motifs is 3. The van der Waals surface area contributed by atoms with Gasteiger partial charge in [0, 0.05) is 11.1 Å². The van der Waals surface area contributed by atoms with Gasteiger partial charge in [0.25, 0.3) is 0 Å². The Morgan fingerprint density at radius 2 is 1.19 bits per heavy atom. The molecule has 0 unspecified atom stereocenters. The van der Waals surface area contributed by atoms with Crippen LogP contribution in [0.2, 0.25) is 0 Å². The molecule has 5 heteroatoms. The highest BCUT2D eigenvalue weighted by Gasteiger charge is 2.62. The summed E-state index contributed by atoms with van der Waals surface area (Å²) < 4.78 is 18.5. The maximum Gasteiger partial charge on any atom is 0.416 e. The highest BCUT2D eigenvalue weighted by atomic mass is 16.6. The van der Waals surface area contributed by atoms with E-state index in [-0.39, 0.29) is 11.8 Å². The minimum absolute atomic E-state index is 0.0532. The number of allylic oxidation sites excluding steroid dienone is 2. The van der Waals surface area contributed by atoms with Crippen LogP contribution in [-0.2, 0) is 14.2 Å². The van der Waals surface area contributed by atoms with E-state index in [0.717, 1.165) is 33.8 Å². The molecule has 0 aromatic heterocycles. The van der Waals surface area contributed by atoms with Gasteiger partial charge in [0.05, 0.1) is 11.8 Å². The van der Waals surface area contributed by atoms with Crippen molar-refractivity contribution in [2.45, 2.75) is 52.7 Å². The summed E-state index contributed by atoms with van der Waals surface area (Å²) in [5.74, 6) is 1.58. The van der Waals surface area contributed by atoms with E-state index < -0.39 is 24.2 Å². The van der Waals surface area contributed by atoms with E-state index in [1.165, 1.54) is 0 Å². The van der Waals surface area contributed by atoms with Crippen molar-refractivity contribution in [3.8, 4) is 0 Å². The Balaban J connectivity index is 1.62. The van der Waals surface area contributed by atoms with Gasteiger partial charge in [-0.15, -0.1) is 0 Å². The molecule has 1 amide bonds. The second kappa shape index (κ2) is 7.44. The van der Waals surface area contributed by atoms with Crippen LogP contribution in [0, 0.1) is 11.8 Å². The zero-order valence-corrected chi connectivity index (χ0v) is 19.2. The van der Waals surface area contributed by atoms with Gasteiger partial charge in [-0.2, -0.15) is 0 Å². The number of benzene rings is 2. The predicted octanol–water partition coefficient (Wildman–Crippen LogP) is 6.04. The Morgan fingerprint density at radius 3 is 1.56 bits per heavy atom. The Labute approximate surface area is 189 Å². The van der Waals surface area contributed by atoms with Crippen LogP contribution in [0.5, 0.6) is 0 Å². The standard InChI is InChI=1S/C27H29NO4/c1-16-20(18-12-8-6-9-13-18)22-23-21(19-14-10-7-11-15-19)17(2)31-25(23)28(24(22)30-16)26(29)32-27(3,4)5/h6-15,22-25H,1-5H3/t22-,23-,24-,25-/m0/s1. The second-order valence-electron chi connectivity index (χ2n) is 9.63. The van der Waals surface area contributed by atoms with Crippen LogP contribution in [-0.4, -0.2) is 29.1 Å². The molecular weight excluding hydrogens is 402 g/mol. The molecule has 0 N–H and O–H groups in total. The topological polar surface area (TPSA) is 48.0 Å². The van der Waals surface area contributed by atoms with Crippen LogP contribution in [0.25, 0.3) is 11.1 Å². The van der Waals surface area contributed by atoms with Gasteiger partial charge in [0.15, 0.2) is 12.5 Å². The van der Waals surface area contributed by atoms with Crippen LogP contribution >= 0.6 is 0 Å². The molecule has 5 nitrogen and oxygen atoms in total. The summed E-state index contributed by atoms with van der Waals surface area (Å²) in [6.07, 6.45) is -1.35. The number of likely N-dealkylation sites (tertiary alicyclic amines) is 1. The number of carbonyl (C=O) groups excluding carboxylic acids is 1. The number of carbonyl (C=O) groups is 1. The van der Waals surface area contributed by atoms with Crippen molar-refractivity contribution in [3.63, 3.8) is 0 Å². The normalized spacial score (nSPS) is 26.6. The monoisotopic (exact) mass is 431 g/mol. The molecule has 0 saturated carbocycles. The molecule has 32 heavy (non-hydrogen) atoms. The Kier molecular flexibility index (Phi) is 4.81. The number of rotatable bonds is 2. The van der Waals surface area contributed by atoms with Crippen molar-refractivity contribution < 1.29 is 19.0 Å². The fourth-order valence-electron chi connectivity index (χ4n) is 5.26. The van der Waals surface area contributed by atoms with E-state index in [9.17, 15) is 4.79 Å². The quantitative estimate of drug-likeness (QED) is 0.581. The van der Waals surface area contributed by atoms with Crippen LogP contribution < -0.4 is 0 Å². The fraction of sp³-hybridized carbons (Fsp3) is 0.370. The number of nitrogens with zero attached hydrogens (tertiary/aromatic N) is 1. The maximum atomic E-state index is 13.4. The zero-order valence-electron chi connectivity index (χ0n) is 19.2. The minimum Gasteiger partial charge on any atom is -0.474 e. The Bertz CT molecular complexity index is 1020. The summed E-state index contributed by atoms with van der Waals surface area (Å²) in [5.41, 5.74) is 3.86. The van der Waals surface area contributed by atoms with Crippen molar-refractivity contribution in [2.75, 3.05) is 0 Å². The first kappa shape index (κ1) is 20.7. The molecule has 3 aliphatic rings. The van der Waals surface area contributed by atoms with Gasteiger partial charge in [0.1, 0.15) is 17.1 Å². The minimum atomic E-state index is -0.614. The van der Waals surface area contributed by atoms with Crippen molar-refractivity contribution in [3.05, 3.63) is 83.3 Å². The molecular formula is C27H29NO4. The molecule has 0 bridgehead atoms. The average molecular weight is 432 g/mol. The van der Waals surface area contributed by atoms with E-state index >= 15 is 0 Å². The molecule has 1 saturated heterocycles. The molecule has 0 radical (unpaired) electrons. The molecule has 4 atom stereocenters. The molecule has 2 aromatic carbocycles. The number of ether oxygens (including phenoxy) is 3. The van der Waals surface area contributed by atoms with Gasteiger partial charge in [0.2, 0.25) is 0 Å². The molecule has 2 aromatic rings. The first-order valence-corrected chi connectivity index (χ1v) is 11.1. The molecule has 0 spiro atoms. The Morgan fingerprint density at radius 1 is 0.781 bits per heavy atom. The summed E-state index contributed by atoms with van der Waals surface area (Å²) in [4.78, 5) is 15.0. The average Bonchev–Trinajstić information content (AvgIpc) is 3.33. The van der Waals surface area contributed by atoms with Gasteiger partial charge < -0.3 is 14.2 Å². The summed E-state index contributed by atoms with van der Waals surface area (Å²) in [5, 5.41) is 0. The zero-order chi connectivity index (χ0) is 22.6. The third kappa shape index (κ3) is 3.27. The first-order chi connectivity index (χ1) is 15.3. The molecule has 3 aliphatic heterocycles. The van der Waals surface area contributed by atoms with E-state index in [2.05, 4.69) is 24.3 Å². The lowest BCUT2D eigenvalue weighted by Crippen LogP contribution is -2.46. The lowest BCUT2D eigenvalue weighted by molar-refractivity contribution is -0.0791. The van der Waals surface area contributed by atoms with E-state index in [0.29, 0.717) is 0 Å². The van der Waals surface area contributed by atoms with Crippen molar-refractivity contribution in [1.29, 1.82) is 0 Å². The predicted molar refractivity (Wildman–Crippen MR) is 123 cm³/mol. The van der Waals surface area contributed by atoms with Crippen molar-refractivity contribution in [2.24, 2.45) is 11.8 Å². The van der Waals surface area contributed by atoms with Gasteiger partial charge in [-0.05, 0) is 45.7 Å². The molecule has 0 aliphatic carbocycles. The summed E-state index contributed by atoms with van der Waals surface area (Å²) >= 11 is 0. The van der Waals surface area contributed by atoms with Crippen LogP contribution in [0.1, 0.15) is 45.7 Å². The lowest BCUT2D eigenvalue weighted by Gasteiger charge is -2.31. The van der Waals surface area contributed by atoms with E-state index in [1.807, 2.05) is 71.0 Å².